The molecule has 2 fully saturated rings. The SMILES string of the molecule is CN(N)/C=C(\N)S(=O)N(CC1CC1)C1CCC2=CC(Nc3ccc(F)cc3)=C3CC2(C1)C(=O)c1cc(ccn1)C(F)(F)N3. The number of carbonyl (C=O) groups is 1. The Morgan fingerprint density at radius 3 is 2.67 bits per heavy atom. The summed E-state index contributed by atoms with van der Waals surface area (Å²) in [5.74, 6) is 5.32. The number of aromatic nitrogens is 1. The lowest BCUT2D eigenvalue weighted by molar-refractivity contribution is -0.0333. The second-order valence-corrected chi connectivity index (χ2v) is 13.2. The highest BCUT2D eigenvalue weighted by atomic mass is 32.2. The van der Waals surface area contributed by atoms with Gasteiger partial charge in [0.25, 0.3) is 0 Å². The number of allylic oxidation sites excluding steroid dienone is 3. The van der Waals surface area contributed by atoms with Crippen molar-refractivity contribution < 1.29 is 22.2 Å². The number of carbonyl (C=O) groups excluding carboxylic acids is 1. The maximum absolute atomic E-state index is 15.6. The molecule has 4 aliphatic rings. The van der Waals surface area contributed by atoms with Crippen LogP contribution in [0.25, 0.3) is 0 Å². The highest BCUT2D eigenvalue weighted by Crippen LogP contribution is 2.53. The molecule has 43 heavy (non-hydrogen) atoms. The van der Waals surface area contributed by atoms with E-state index in [0.29, 0.717) is 36.7 Å². The van der Waals surface area contributed by atoms with Crippen molar-refractivity contribution in [1.29, 1.82) is 0 Å². The zero-order valence-electron chi connectivity index (χ0n) is 23.7. The Labute approximate surface area is 250 Å². The number of halogens is 3. The van der Waals surface area contributed by atoms with Gasteiger partial charge in [-0.3, -0.25) is 9.78 Å². The predicted molar refractivity (Wildman–Crippen MR) is 157 cm³/mol. The molecule has 228 valence electrons. The summed E-state index contributed by atoms with van der Waals surface area (Å²) in [4.78, 5) is 18.7. The van der Waals surface area contributed by atoms with E-state index in [1.54, 1.807) is 13.1 Å². The van der Waals surface area contributed by atoms with Gasteiger partial charge in [0.2, 0.25) is 0 Å². The van der Waals surface area contributed by atoms with Crippen LogP contribution in [-0.2, 0) is 17.0 Å². The van der Waals surface area contributed by atoms with E-state index >= 15 is 8.78 Å². The number of ketones is 1. The van der Waals surface area contributed by atoms with Crippen LogP contribution in [0.4, 0.5) is 18.9 Å². The van der Waals surface area contributed by atoms with Crippen LogP contribution in [-0.4, -0.2) is 43.9 Å². The Bertz CT molecular complexity index is 1550. The minimum atomic E-state index is -3.50. The van der Waals surface area contributed by atoms with Gasteiger partial charge in [-0.05, 0) is 80.5 Å². The average molecular weight is 614 g/mol. The van der Waals surface area contributed by atoms with E-state index in [1.165, 1.54) is 47.7 Å². The summed E-state index contributed by atoms with van der Waals surface area (Å²) >= 11 is 0. The number of hydrogen-bond donors (Lipinski definition) is 4. The molecule has 1 aromatic carbocycles. The van der Waals surface area contributed by atoms with Crippen molar-refractivity contribution in [2.75, 3.05) is 18.9 Å². The van der Waals surface area contributed by atoms with Gasteiger partial charge >= 0.3 is 6.05 Å². The lowest BCUT2D eigenvalue weighted by Crippen LogP contribution is -2.50. The summed E-state index contributed by atoms with van der Waals surface area (Å²) in [5.41, 5.74) is 6.39. The van der Waals surface area contributed by atoms with Gasteiger partial charge in [0.15, 0.2) is 5.78 Å². The molecule has 2 saturated carbocycles. The lowest BCUT2D eigenvalue weighted by Gasteiger charge is -2.47. The lowest BCUT2D eigenvalue weighted by atomic mass is 9.61. The summed E-state index contributed by atoms with van der Waals surface area (Å²) in [7, 11) is -0.141. The van der Waals surface area contributed by atoms with E-state index in [0.717, 1.165) is 24.5 Å². The Morgan fingerprint density at radius 2 is 1.98 bits per heavy atom. The Morgan fingerprint density at radius 1 is 1.23 bits per heavy atom. The van der Waals surface area contributed by atoms with Gasteiger partial charge in [0.1, 0.15) is 27.5 Å². The normalized spacial score (nSPS) is 25.5. The Balaban J connectivity index is 1.43. The molecular weight excluding hydrogens is 579 g/mol. The first-order valence-corrected chi connectivity index (χ1v) is 15.3. The minimum Gasteiger partial charge on any atom is -0.389 e. The molecule has 2 aromatic rings. The van der Waals surface area contributed by atoms with E-state index < -0.39 is 28.3 Å². The van der Waals surface area contributed by atoms with E-state index in [-0.39, 0.29) is 46.7 Å². The average Bonchev–Trinajstić information content (AvgIpc) is 3.80. The van der Waals surface area contributed by atoms with E-state index in [2.05, 4.69) is 15.6 Å². The number of fused-ring (bicyclic) bond motifs is 3. The van der Waals surface area contributed by atoms with Gasteiger partial charge in [-0.25, -0.2) is 18.7 Å². The van der Waals surface area contributed by atoms with Crippen LogP contribution >= 0.6 is 0 Å². The molecule has 2 heterocycles. The number of pyridine rings is 1. The number of nitrogens with zero attached hydrogens (tertiary/aromatic N) is 3. The fraction of sp³-hybridized carbons (Fsp3) is 0.400. The maximum Gasteiger partial charge on any atom is 0.350 e. The van der Waals surface area contributed by atoms with Crippen molar-refractivity contribution in [2.45, 2.75) is 50.6 Å². The topological polar surface area (TPSA) is 130 Å². The third-order valence-electron chi connectivity index (χ3n) is 8.58. The van der Waals surface area contributed by atoms with Crippen LogP contribution in [0.5, 0.6) is 0 Å². The molecule has 3 aliphatic carbocycles. The Hall–Kier alpha value is -3.68. The van der Waals surface area contributed by atoms with Crippen molar-refractivity contribution in [1.82, 2.24) is 19.6 Å². The molecule has 4 bridgehead atoms. The number of nitrogens with two attached hydrogens (primary N) is 2. The summed E-state index contributed by atoms with van der Waals surface area (Å²) in [6, 6.07) is 4.12. The molecule has 1 aliphatic heterocycles. The van der Waals surface area contributed by atoms with E-state index in [9.17, 15) is 13.4 Å². The highest BCUT2D eigenvalue weighted by molar-refractivity contribution is 7.86. The first-order valence-electron chi connectivity index (χ1n) is 14.2. The number of nitrogens with one attached hydrogen (secondary N) is 2. The monoisotopic (exact) mass is 613 g/mol. The van der Waals surface area contributed by atoms with Crippen LogP contribution in [0.2, 0.25) is 0 Å². The number of hydrogen-bond acceptors (Lipinski definition) is 8. The maximum atomic E-state index is 15.6. The Kier molecular flexibility index (Phi) is 7.59. The zero-order chi connectivity index (χ0) is 30.5. The second-order valence-electron chi connectivity index (χ2n) is 11.8. The molecule has 3 unspecified atom stereocenters. The fourth-order valence-corrected chi connectivity index (χ4v) is 7.60. The second kappa shape index (κ2) is 11.1. The van der Waals surface area contributed by atoms with Gasteiger partial charge in [-0.15, -0.1) is 0 Å². The first-order chi connectivity index (χ1) is 20.4. The third-order valence-corrected chi connectivity index (χ3v) is 9.96. The third kappa shape index (κ3) is 5.80. The molecule has 13 heteroatoms. The van der Waals surface area contributed by atoms with Crippen molar-refractivity contribution >= 4 is 22.5 Å². The van der Waals surface area contributed by atoms with Gasteiger partial charge in [-0.1, -0.05) is 5.57 Å². The molecule has 9 nitrogen and oxygen atoms in total. The van der Waals surface area contributed by atoms with Gasteiger partial charge < -0.3 is 21.4 Å². The molecule has 0 amide bonds. The van der Waals surface area contributed by atoms with Gasteiger partial charge in [0.05, 0.1) is 11.1 Å². The first kappa shape index (κ1) is 29.4. The van der Waals surface area contributed by atoms with Crippen molar-refractivity contribution in [3.05, 3.63) is 93.9 Å². The smallest absolute Gasteiger partial charge is 0.350 e. The largest absolute Gasteiger partial charge is 0.389 e. The molecule has 0 saturated heterocycles. The molecular formula is C30H34F3N7O2S. The van der Waals surface area contributed by atoms with Crippen molar-refractivity contribution in [3.8, 4) is 0 Å². The van der Waals surface area contributed by atoms with Crippen LogP contribution in [0.3, 0.4) is 0 Å². The number of hydrazine groups is 1. The summed E-state index contributed by atoms with van der Waals surface area (Å²) in [6.45, 7) is 0.535. The van der Waals surface area contributed by atoms with Crippen LogP contribution < -0.4 is 22.2 Å². The summed E-state index contributed by atoms with van der Waals surface area (Å²) in [5, 5.41) is 6.91. The molecule has 1 aromatic heterocycles. The van der Waals surface area contributed by atoms with Crippen molar-refractivity contribution in [2.24, 2.45) is 22.9 Å². The summed E-state index contributed by atoms with van der Waals surface area (Å²) in [6.07, 6.45) is 7.66. The van der Waals surface area contributed by atoms with Gasteiger partial charge in [-0.2, -0.15) is 8.78 Å². The van der Waals surface area contributed by atoms with E-state index in [4.69, 9.17) is 11.6 Å². The van der Waals surface area contributed by atoms with Crippen LogP contribution in [0.15, 0.2) is 76.9 Å². The molecule has 0 radical (unpaired) electrons. The summed E-state index contributed by atoms with van der Waals surface area (Å²) < 4.78 is 60.4. The van der Waals surface area contributed by atoms with Crippen LogP contribution in [0, 0.1) is 17.2 Å². The highest BCUT2D eigenvalue weighted by Gasteiger charge is 2.53. The van der Waals surface area contributed by atoms with Crippen molar-refractivity contribution in [3.63, 3.8) is 0 Å². The quantitative estimate of drug-likeness (QED) is 0.198. The fourth-order valence-electron chi connectivity index (χ4n) is 6.27. The molecule has 6 rings (SSSR count). The molecule has 6 N–H and O–H groups in total. The molecule has 3 atom stereocenters. The molecule has 1 spiro atoms. The minimum absolute atomic E-state index is 0.0410. The number of benzene rings is 1. The van der Waals surface area contributed by atoms with Crippen LogP contribution in [0.1, 0.15) is 54.6 Å². The zero-order valence-corrected chi connectivity index (χ0v) is 24.5. The predicted octanol–water partition coefficient (Wildman–Crippen LogP) is 4.19. The number of rotatable bonds is 8. The van der Waals surface area contributed by atoms with Gasteiger partial charge in [0, 0.05) is 55.4 Å². The number of alkyl halides is 2. The number of Topliss-reactive ketones (excluding diaryl/α,β-unsaturated/α-hetero) is 1. The number of anilines is 1. The van der Waals surface area contributed by atoms with E-state index in [1.807, 2.05) is 4.31 Å². The standard InChI is InChI=1S/C30H34F3N7O2S/c1-39(35)17-27(34)43(42)40(16-18-2-3-18)23-9-4-19-12-24(37-22-7-5-21(31)6-8-22)26-15-29(19,14-23)28(41)25-13-20(10-11-36-25)30(32,33)38-26/h5-8,10-13,17-18,23,37-38H,2-4,9,14-16,34-35H2,1H3/b27-17+.